The third-order valence-corrected chi connectivity index (χ3v) is 6.43. The van der Waals surface area contributed by atoms with Crippen LogP contribution in [-0.2, 0) is 9.59 Å². The molecule has 1 saturated heterocycles. The molecule has 0 radical (unpaired) electrons. The predicted molar refractivity (Wildman–Crippen MR) is 133 cm³/mol. The lowest BCUT2D eigenvalue weighted by Gasteiger charge is -2.29. The van der Waals surface area contributed by atoms with E-state index in [9.17, 15) is 14.0 Å². The van der Waals surface area contributed by atoms with Crippen molar-refractivity contribution in [2.24, 2.45) is 0 Å². The average Bonchev–Trinajstić information content (AvgIpc) is 3.03. The third-order valence-electron chi connectivity index (χ3n) is 5.45. The highest BCUT2D eigenvalue weighted by atomic mass is 35.5. The van der Waals surface area contributed by atoms with E-state index in [-0.39, 0.29) is 15.7 Å². The summed E-state index contributed by atoms with van der Waals surface area (Å²) in [7, 11) is 0. The number of hydrogen-bond donors (Lipinski definition) is 1. The molecule has 3 aromatic rings. The van der Waals surface area contributed by atoms with E-state index in [0.29, 0.717) is 22.0 Å². The second-order valence-electron chi connectivity index (χ2n) is 7.65. The van der Waals surface area contributed by atoms with Crippen LogP contribution in [0.3, 0.4) is 0 Å². The summed E-state index contributed by atoms with van der Waals surface area (Å²) >= 11 is 17.4. The lowest BCUT2D eigenvalue weighted by atomic mass is 10.1. The number of amides is 2. The Hall–Kier alpha value is -3.00. The number of anilines is 1. The second kappa shape index (κ2) is 8.74. The number of carbonyl (C=O) groups excluding carboxylic acids is 2. The summed E-state index contributed by atoms with van der Waals surface area (Å²) in [6, 6.07) is 11.4. The van der Waals surface area contributed by atoms with E-state index in [1.807, 2.05) is 31.4 Å². The molecule has 4 rings (SSSR count). The maximum Gasteiger partial charge on any atom is 0.270 e. The molecule has 0 aliphatic carbocycles. The Bertz CT molecular complexity index is 1380. The van der Waals surface area contributed by atoms with E-state index in [2.05, 4.69) is 5.32 Å². The molecule has 1 aliphatic rings. The van der Waals surface area contributed by atoms with Crippen molar-refractivity contribution >= 4 is 64.1 Å². The highest BCUT2D eigenvalue weighted by molar-refractivity contribution is 7.80. The van der Waals surface area contributed by atoms with Crippen molar-refractivity contribution in [1.29, 1.82) is 0 Å². The molecule has 33 heavy (non-hydrogen) atoms. The van der Waals surface area contributed by atoms with Gasteiger partial charge in [0.05, 0.1) is 10.7 Å². The van der Waals surface area contributed by atoms with Crippen LogP contribution in [0.25, 0.3) is 11.8 Å². The van der Waals surface area contributed by atoms with Crippen LogP contribution < -0.4 is 10.2 Å². The largest absolute Gasteiger partial charge is 0.318 e. The number of hydrogen-bond acceptors (Lipinski definition) is 3. The van der Waals surface area contributed by atoms with Crippen molar-refractivity contribution in [1.82, 2.24) is 9.88 Å². The maximum absolute atomic E-state index is 13.6. The van der Waals surface area contributed by atoms with Crippen molar-refractivity contribution in [2.45, 2.75) is 20.8 Å². The average molecular weight is 502 g/mol. The highest BCUT2D eigenvalue weighted by Crippen LogP contribution is 2.29. The summed E-state index contributed by atoms with van der Waals surface area (Å²) in [5, 5.41) is 3.03. The minimum Gasteiger partial charge on any atom is -0.318 e. The van der Waals surface area contributed by atoms with E-state index >= 15 is 0 Å². The highest BCUT2D eigenvalue weighted by Gasteiger charge is 2.35. The van der Waals surface area contributed by atoms with E-state index in [1.165, 1.54) is 23.1 Å². The van der Waals surface area contributed by atoms with Crippen LogP contribution in [0.5, 0.6) is 0 Å². The molecule has 0 atom stereocenters. The minimum atomic E-state index is -0.589. The third kappa shape index (κ3) is 4.19. The maximum atomic E-state index is 13.6. The van der Waals surface area contributed by atoms with E-state index < -0.39 is 17.6 Å². The molecular formula is C24H18Cl2FN3O2S. The Morgan fingerprint density at radius 1 is 0.970 bits per heavy atom. The SMILES string of the molecule is Cc1ccc(N2C(=O)/C(=C/c3cc(C)n(-c4ccc(F)c(Cl)c4)c3C)C(=O)NC2=S)cc1Cl. The van der Waals surface area contributed by atoms with Gasteiger partial charge in [0.1, 0.15) is 11.4 Å². The van der Waals surface area contributed by atoms with Crippen LogP contribution >= 0.6 is 35.4 Å². The van der Waals surface area contributed by atoms with Gasteiger partial charge in [-0.15, -0.1) is 0 Å². The quantitative estimate of drug-likeness (QED) is 0.285. The molecule has 2 amide bonds. The van der Waals surface area contributed by atoms with E-state index in [1.54, 1.807) is 24.3 Å². The molecule has 1 fully saturated rings. The van der Waals surface area contributed by atoms with Crippen molar-refractivity contribution in [3.05, 3.63) is 86.4 Å². The number of aryl methyl sites for hydroxylation is 2. The van der Waals surface area contributed by atoms with Gasteiger partial charge in [0, 0.05) is 22.1 Å². The van der Waals surface area contributed by atoms with Crippen LogP contribution in [-0.4, -0.2) is 21.5 Å². The molecular weight excluding hydrogens is 484 g/mol. The molecule has 168 valence electrons. The number of aromatic nitrogens is 1. The summed E-state index contributed by atoms with van der Waals surface area (Å²) in [6.07, 6.45) is 1.52. The Labute approximate surface area is 205 Å². The molecule has 0 spiro atoms. The molecule has 9 heteroatoms. The second-order valence-corrected chi connectivity index (χ2v) is 8.85. The minimum absolute atomic E-state index is 0.00246. The normalized spacial score (nSPS) is 15.4. The number of halogens is 3. The van der Waals surface area contributed by atoms with Crippen molar-refractivity contribution in [2.75, 3.05) is 4.90 Å². The van der Waals surface area contributed by atoms with Crippen LogP contribution in [0.15, 0.2) is 48.0 Å². The van der Waals surface area contributed by atoms with Gasteiger partial charge >= 0.3 is 0 Å². The van der Waals surface area contributed by atoms with Gasteiger partial charge in [0.25, 0.3) is 11.8 Å². The van der Waals surface area contributed by atoms with Crippen molar-refractivity contribution in [3.63, 3.8) is 0 Å². The van der Waals surface area contributed by atoms with Gasteiger partial charge in [-0.3, -0.25) is 19.8 Å². The molecule has 1 aromatic heterocycles. The van der Waals surface area contributed by atoms with Gasteiger partial charge in [-0.05, 0) is 86.6 Å². The number of benzene rings is 2. The summed E-state index contributed by atoms with van der Waals surface area (Å²) in [5.41, 5.74) is 4.13. The monoisotopic (exact) mass is 501 g/mol. The van der Waals surface area contributed by atoms with Gasteiger partial charge in [-0.2, -0.15) is 0 Å². The fraction of sp³-hybridized carbons (Fsp3) is 0.125. The topological polar surface area (TPSA) is 54.3 Å². The Morgan fingerprint density at radius 2 is 1.64 bits per heavy atom. The van der Waals surface area contributed by atoms with E-state index in [0.717, 1.165) is 17.0 Å². The fourth-order valence-corrected chi connectivity index (χ4v) is 4.35. The zero-order chi connectivity index (χ0) is 24.0. The number of thiocarbonyl (C=S) groups is 1. The van der Waals surface area contributed by atoms with Crippen molar-refractivity contribution < 1.29 is 14.0 Å². The zero-order valence-corrected chi connectivity index (χ0v) is 20.2. The molecule has 0 unspecified atom stereocenters. The molecule has 0 bridgehead atoms. The molecule has 2 aromatic carbocycles. The molecule has 0 saturated carbocycles. The van der Waals surface area contributed by atoms with Crippen LogP contribution in [0.4, 0.5) is 10.1 Å². The number of carbonyl (C=O) groups is 2. The van der Waals surface area contributed by atoms with Crippen LogP contribution in [0, 0.1) is 26.6 Å². The Kier molecular flexibility index (Phi) is 6.14. The summed E-state index contributed by atoms with van der Waals surface area (Å²) in [5.74, 6) is -1.66. The van der Waals surface area contributed by atoms with Crippen LogP contribution in [0.2, 0.25) is 10.0 Å². The first-order valence-electron chi connectivity index (χ1n) is 9.90. The smallest absolute Gasteiger partial charge is 0.270 e. The lowest BCUT2D eigenvalue weighted by Crippen LogP contribution is -2.54. The molecule has 2 heterocycles. The number of nitrogens with zero attached hydrogens (tertiary/aromatic N) is 2. The van der Waals surface area contributed by atoms with Crippen LogP contribution in [0.1, 0.15) is 22.5 Å². The van der Waals surface area contributed by atoms with E-state index in [4.69, 9.17) is 35.4 Å². The summed E-state index contributed by atoms with van der Waals surface area (Å²) in [4.78, 5) is 27.2. The predicted octanol–water partition coefficient (Wildman–Crippen LogP) is 5.68. The first-order valence-corrected chi connectivity index (χ1v) is 11.1. The van der Waals surface area contributed by atoms with Gasteiger partial charge in [0.2, 0.25) is 0 Å². The first kappa shape index (κ1) is 23.2. The van der Waals surface area contributed by atoms with Crippen molar-refractivity contribution in [3.8, 4) is 5.69 Å². The number of rotatable bonds is 3. The first-order chi connectivity index (χ1) is 15.6. The Balaban J connectivity index is 1.77. The zero-order valence-electron chi connectivity index (χ0n) is 17.9. The van der Waals surface area contributed by atoms with Gasteiger partial charge in [-0.1, -0.05) is 29.3 Å². The molecule has 5 nitrogen and oxygen atoms in total. The van der Waals surface area contributed by atoms with Gasteiger partial charge in [-0.25, -0.2) is 4.39 Å². The number of nitrogens with one attached hydrogen (secondary N) is 1. The fourth-order valence-electron chi connectivity index (χ4n) is 3.72. The van der Waals surface area contributed by atoms with Gasteiger partial charge < -0.3 is 4.57 Å². The molecule has 1 aliphatic heterocycles. The summed E-state index contributed by atoms with van der Waals surface area (Å²) in [6.45, 7) is 5.55. The van der Waals surface area contributed by atoms with Gasteiger partial charge in [0.15, 0.2) is 5.11 Å². The summed E-state index contributed by atoms with van der Waals surface area (Å²) < 4.78 is 15.5. The standard InChI is InChI=1S/C24H18Cl2FN3O2S/c1-12-4-5-17(10-19(12)25)30-23(32)18(22(31)28-24(30)33)9-15-8-13(2)29(14(15)3)16-6-7-21(27)20(26)11-16/h4-11H,1-3H3,(H,28,31,33)/b18-9+. The Morgan fingerprint density at radius 3 is 2.30 bits per heavy atom. The lowest BCUT2D eigenvalue weighted by molar-refractivity contribution is -0.122. The molecule has 1 N–H and O–H groups in total.